The highest BCUT2D eigenvalue weighted by Crippen LogP contribution is 2.38. The van der Waals surface area contributed by atoms with Gasteiger partial charge in [0.15, 0.2) is 35.6 Å². The minimum atomic E-state index is -0.475. The van der Waals surface area contributed by atoms with Gasteiger partial charge in [-0.15, -0.1) is 0 Å². The maximum absolute atomic E-state index is 13.5. The number of ether oxygens (including phenoxy) is 4. The number of rotatable bonds is 18. The zero-order chi connectivity index (χ0) is 44.5. The number of carbonyl (C=O) groups is 4. The standard InChI is InChI=1S/C49H50N6O8/c1-6-50-48(58)26-53-49(59)35-16-31(29-62-46-22-40(36(27-56)20-44(46)60-4)51-24-38-18-33-11-7-9-13-42(33)54(38)2)15-32(17-35)30-63-47-23-41(37(28-57)21-45(47)61-5)52-25-39-19-34-12-8-10-14-43(34)55(39)3/h7-17,20-25,27-28,38-39H,6,18-19,26,29-30H2,1-5H3,(H,50,58)(H,53,59)/b51-24-,52-25-/t38-,39?/m0/s1. The number of nitrogens with one attached hydrogen (secondary N) is 2. The number of methoxy groups -OCH3 is 2. The fourth-order valence-electron chi connectivity index (χ4n) is 7.77. The normalized spacial score (nSPS) is 15.3. The van der Waals surface area contributed by atoms with Gasteiger partial charge < -0.3 is 39.4 Å². The summed E-state index contributed by atoms with van der Waals surface area (Å²) in [5.41, 5.74) is 7.68. The Hall–Kier alpha value is -7.48. The van der Waals surface area contributed by atoms with Crippen LogP contribution >= 0.6 is 0 Å². The predicted octanol–water partition coefficient (Wildman–Crippen LogP) is 6.88. The van der Waals surface area contributed by atoms with Crippen LogP contribution in [0.1, 0.15) is 60.3 Å². The van der Waals surface area contributed by atoms with Gasteiger partial charge in [0, 0.05) is 73.3 Å². The molecule has 5 aromatic rings. The van der Waals surface area contributed by atoms with Crippen molar-refractivity contribution in [2.75, 3.05) is 51.2 Å². The lowest BCUT2D eigenvalue weighted by Gasteiger charge is -2.19. The number of para-hydroxylation sites is 2. The molecule has 7 rings (SSSR count). The number of aldehydes is 2. The van der Waals surface area contributed by atoms with Crippen molar-refractivity contribution in [2.24, 2.45) is 9.98 Å². The van der Waals surface area contributed by atoms with Crippen molar-refractivity contribution in [3.05, 3.63) is 130 Å². The van der Waals surface area contributed by atoms with Gasteiger partial charge in [-0.25, -0.2) is 0 Å². The Labute approximate surface area is 366 Å². The van der Waals surface area contributed by atoms with Gasteiger partial charge in [0.05, 0.1) is 44.2 Å². The first-order valence-electron chi connectivity index (χ1n) is 20.6. The highest BCUT2D eigenvalue weighted by atomic mass is 16.5. The molecule has 2 aliphatic rings. The summed E-state index contributed by atoms with van der Waals surface area (Å²) in [6.07, 6.45) is 6.68. The second-order valence-corrected chi connectivity index (χ2v) is 15.2. The summed E-state index contributed by atoms with van der Waals surface area (Å²) >= 11 is 0. The van der Waals surface area contributed by atoms with E-state index in [0.717, 1.165) is 36.8 Å². The molecule has 324 valence electrons. The van der Waals surface area contributed by atoms with Crippen molar-refractivity contribution in [3.63, 3.8) is 0 Å². The molecule has 0 bridgehead atoms. The topological polar surface area (TPSA) is 160 Å². The lowest BCUT2D eigenvalue weighted by molar-refractivity contribution is -0.120. The lowest BCUT2D eigenvalue weighted by Crippen LogP contribution is -2.36. The Morgan fingerprint density at radius 2 is 1.14 bits per heavy atom. The third-order valence-electron chi connectivity index (χ3n) is 11.1. The Morgan fingerprint density at radius 1 is 0.667 bits per heavy atom. The van der Waals surface area contributed by atoms with E-state index in [9.17, 15) is 19.2 Å². The molecule has 63 heavy (non-hydrogen) atoms. The summed E-state index contributed by atoms with van der Waals surface area (Å²) in [7, 11) is 7.00. The van der Waals surface area contributed by atoms with E-state index in [4.69, 9.17) is 28.9 Å². The highest BCUT2D eigenvalue weighted by Gasteiger charge is 2.26. The number of likely N-dealkylation sites (N-methyl/N-ethyl adjacent to an activating group) is 3. The Kier molecular flexibility index (Phi) is 13.8. The smallest absolute Gasteiger partial charge is 0.251 e. The van der Waals surface area contributed by atoms with Crippen molar-refractivity contribution >= 4 is 59.6 Å². The number of amides is 2. The van der Waals surface area contributed by atoms with Gasteiger partial charge in [-0.1, -0.05) is 36.4 Å². The number of hydrogen-bond acceptors (Lipinski definition) is 12. The van der Waals surface area contributed by atoms with Crippen molar-refractivity contribution in [3.8, 4) is 23.0 Å². The van der Waals surface area contributed by atoms with E-state index in [1.807, 2.05) is 56.9 Å². The SMILES string of the molecule is CCNC(=O)CNC(=O)c1cc(COc2cc(/N=C\C3Cc4ccccc4N3C)c(C=O)cc2OC)cc(COc2cc(/N=C\[C@@H]3Cc4ccccc4N3C)c(C=O)cc2OC)c1. The molecule has 2 N–H and O–H groups in total. The fourth-order valence-corrected chi connectivity index (χ4v) is 7.77. The summed E-state index contributed by atoms with van der Waals surface area (Å²) in [6, 6.07) is 28.0. The number of nitrogens with zero attached hydrogens (tertiary/aromatic N) is 4. The van der Waals surface area contributed by atoms with Crippen LogP contribution in [0, 0.1) is 0 Å². The molecule has 2 aliphatic heterocycles. The minimum absolute atomic E-state index is 0.00406. The molecular formula is C49H50N6O8. The van der Waals surface area contributed by atoms with Crippen LogP contribution in [0.2, 0.25) is 0 Å². The summed E-state index contributed by atoms with van der Waals surface area (Å²) in [6.45, 7) is 1.98. The van der Waals surface area contributed by atoms with Gasteiger partial charge in [0.1, 0.15) is 13.2 Å². The molecular weight excluding hydrogens is 801 g/mol. The van der Waals surface area contributed by atoms with Gasteiger partial charge in [-0.2, -0.15) is 0 Å². The van der Waals surface area contributed by atoms with Crippen molar-refractivity contribution in [2.45, 2.75) is 45.1 Å². The molecule has 14 nitrogen and oxygen atoms in total. The average Bonchev–Trinajstić information content (AvgIpc) is 3.81. The molecule has 2 atom stereocenters. The van der Waals surface area contributed by atoms with Crippen LogP contribution in [0.3, 0.4) is 0 Å². The molecule has 0 radical (unpaired) electrons. The number of aliphatic imine (C=N–C) groups is 2. The van der Waals surface area contributed by atoms with Crippen LogP contribution in [-0.4, -0.2) is 90.3 Å². The molecule has 5 aromatic carbocycles. The van der Waals surface area contributed by atoms with Gasteiger partial charge in [0.25, 0.3) is 5.91 Å². The van der Waals surface area contributed by atoms with Gasteiger partial charge in [-0.3, -0.25) is 29.2 Å². The van der Waals surface area contributed by atoms with Crippen LogP contribution < -0.4 is 39.4 Å². The van der Waals surface area contributed by atoms with E-state index < -0.39 is 5.91 Å². The Morgan fingerprint density at radius 3 is 1.57 bits per heavy atom. The molecule has 2 amide bonds. The number of hydrogen-bond donors (Lipinski definition) is 2. The van der Waals surface area contributed by atoms with E-state index >= 15 is 0 Å². The largest absolute Gasteiger partial charge is 0.493 e. The quantitative estimate of drug-likeness (QED) is 0.0703. The summed E-state index contributed by atoms with van der Waals surface area (Å²) in [4.78, 5) is 63.9. The number of anilines is 2. The summed E-state index contributed by atoms with van der Waals surface area (Å²) < 4.78 is 23.9. The zero-order valence-electron chi connectivity index (χ0n) is 35.9. The molecule has 0 aromatic heterocycles. The van der Waals surface area contributed by atoms with Crippen molar-refractivity contribution < 1.29 is 38.1 Å². The summed E-state index contributed by atoms with van der Waals surface area (Å²) in [5, 5.41) is 5.35. The number of benzene rings is 5. The molecule has 0 aliphatic carbocycles. The van der Waals surface area contributed by atoms with Crippen LogP contribution in [0.4, 0.5) is 22.7 Å². The third kappa shape index (κ3) is 10.0. The molecule has 0 fully saturated rings. The van der Waals surface area contributed by atoms with Crippen molar-refractivity contribution in [1.82, 2.24) is 10.6 Å². The van der Waals surface area contributed by atoms with Gasteiger partial charge >= 0.3 is 0 Å². The van der Waals surface area contributed by atoms with E-state index in [1.54, 1.807) is 43.3 Å². The fraction of sp³-hybridized carbons (Fsp3) is 0.265. The number of fused-ring (bicyclic) bond motifs is 2. The second kappa shape index (κ2) is 19.9. The average molecular weight is 851 g/mol. The lowest BCUT2D eigenvalue weighted by atomic mass is 10.1. The van der Waals surface area contributed by atoms with Crippen molar-refractivity contribution in [1.29, 1.82) is 0 Å². The van der Waals surface area contributed by atoms with Crippen LogP contribution in [-0.2, 0) is 30.8 Å². The molecule has 2 heterocycles. The van der Waals surface area contributed by atoms with E-state index in [1.165, 1.54) is 25.3 Å². The molecule has 0 spiro atoms. The first-order valence-corrected chi connectivity index (χ1v) is 20.6. The molecule has 1 unspecified atom stereocenters. The third-order valence-corrected chi connectivity index (χ3v) is 11.1. The van der Waals surface area contributed by atoms with Crippen LogP contribution in [0.5, 0.6) is 23.0 Å². The van der Waals surface area contributed by atoms with E-state index in [2.05, 4.69) is 44.7 Å². The minimum Gasteiger partial charge on any atom is -0.493 e. The zero-order valence-corrected chi connectivity index (χ0v) is 35.9. The van der Waals surface area contributed by atoms with E-state index in [0.29, 0.717) is 63.2 Å². The highest BCUT2D eigenvalue weighted by molar-refractivity contribution is 5.97. The first-order chi connectivity index (χ1) is 30.6. The van der Waals surface area contributed by atoms with Crippen LogP contribution in [0.15, 0.2) is 101 Å². The van der Waals surface area contributed by atoms with E-state index in [-0.39, 0.29) is 43.3 Å². The molecule has 0 saturated heterocycles. The van der Waals surface area contributed by atoms with Gasteiger partial charge in [-0.05, 0) is 84.5 Å². The monoisotopic (exact) mass is 850 g/mol. The molecule has 14 heteroatoms. The second-order valence-electron chi connectivity index (χ2n) is 15.2. The van der Waals surface area contributed by atoms with Crippen LogP contribution in [0.25, 0.3) is 0 Å². The first kappa shape index (κ1) is 43.6. The molecule has 0 saturated carbocycles. The number of carbonyl (C=O) groups excluding carboxylic acids is 4. The maximum atomic E-state index is 13.5. The Bertz CT molecular complexity index is 2420. The Balaban J connectivity index is 1.13. The predicted molar refractivity (Wildman–Crippen MR) is 244 cm³/mol. The van der Waals surface area contributed by atoms with Gasteiger partial charge in [0.2, 0.25) is 5.91 Å². The summed E-state index contributed by atoms with van der Waals surface area (Å²) in [5.74, 6) is 0.529. The maximum Gasteiger partial charge on any atom is 0.251 e.